The van der Waals surface area contributed by atoms with Crippen molar-refractivity contribution in [2.75, 3.05) is 13.2 Å². The Balaban J connectivity index is 2.01. The highest BCUT2D eigenvalue weighted by Crippen LogP contribution is 2.36. The third kappa shape index (κ3) is 5.05. The van der Waals surface area contributed by atoms with Crippen LogP contribution in [-0.4, -0.2) is 28.9 Å². The Morgan fingerprint density at radius 3 is 2.69 bits per heavy atom. The number of nitrogens with zero attached hydrogens (tertiary/aromatic N) is 2. The Morgan fingerprint density at radius 2 is 1.97 bits per heavy atom. The van der Waals surface area contributed by atoms with Gasteiger partial charge in [0.15, 0.2) is 4.80 Å². The summed E-state index contributed by atoms with van der Waals surface area (Å²) in [6.07, 6.45) is 1.67. The van der Waals surface area contributed by atoms with Crippen molar-refractivity contribution in [2.24, 2.45) is 4.99 Å². The quantitative estimate of drug-likeness (QED) is 0.307. The molecule has 0 aliphatic carbocycles. The zero-order valence-electron chi connectivity index (χ0n) is 19.2. The highest BCUT2D eigenvalue weighted by atomic mass is 127. The highest BCUT2D eigenvalue weighted by molar-refractivity contribution is 14.1. The number of hydrogen-bond donors (Lipinski definition) is 1. The van der Waals surface area contributed by atoms with Gasteiger partial charge in [0, 0.05) is 14.7 Å². The van der Waals surface area contributed by atoms with Crippen LogP contribution in [0.15, 0.2) is 57.5 Å². The topological polar surface area (TPSA) is 90.1 Å². The number of allylic oxidation sites excluding steroid dienone is 1. The van der Waals surface area contributed by atoms with Crippen molar-refractivity contribution < 1.29 is 19.4 Å². The van der Waals surface area contributed by atoms with Crippen molar-refractivity contribution in [1.82, 2.24) is 4.57 Å². The maximum Gasteiger partial charge on any atom is 0.338 e. The Bertz CT molecular complexity index is 1520. The maximum atomic E-state index is 13.8. The van der Waals surface area contributed by atoms with E-state index < -0.39 is 12.0 Å². The van der Waals surface area contributed by atoms with Crippen molar-refractivity contribution in [2.45, 2.75) is 26.8 Å². The second-order valence-electron chi connectivity index (χ2n) is 7.60. The van der Waals surface area contributed by atoms with Crippen LogP contribution >= 0.6 is 56.5 Å². The molecule has 1 N–H and O–H groups in total. The molecule has 35 heavy (non-hydrogen) atoms. The number of para-hydroxylation sites is 1. The highest BCUT2D eigenvalue weighted by Gasteiger charge is 2.35. The van der Waals surface area contributed by atoms with Gasteiger partial charge < -0.3 is 14.6 Å². The number of phenolic OH excluding ortho intramolecular Hbond substituents is 1. The molecule has 0 saturated carbocycles. The minimum Gasteiger partial charge on any atom is -0.506 e. The first-order valence-electron chi connectivity index (χ1n) is 10.9. The summed E-state index contributed by atoms with van der Waals surface area (Å²) in [5, 5.41) is 10.6. The van der Waals surface area contributed by atoms with Crippen LogP contribution in [0.1, 0.15) is 37.9 Å². The van der Waals surface area contributed by atoms with Gasteiger partial charge in [-0.05, 0) is 90.2 Å². The van der Waals surface area contributed by atoms with Gasteiger partial charge in [0.05, 0.1) is 32.6 Å². The van der Waals surface area contributed by atoms with Gasteiger partial charge in [-0.15, -0.1) is 0 Å². The number of fused-ring (bicyclic) bond motifs is 1. The van der Waals surface area contributed by atoms with Crippen LogP contribution in [-0.2, 0) is 9.53 Å². The van der Waals surface area contributed by atoms with E-state index in [1.807, 2.05) is 43.3 Å². The molecule has 4 rings (SSSR count). The third-order valence-corrected chi connectivity index (χ3v) is 7.80. The van der Waals surface area contributed by atoms with Crippen molar-refractivity contribution in [3.8, 4) is 11.5 Å². The van der Waals surface area contributed by atoms with Crippen LogP contribution in [0, 0.1) is 7.14 Å². The normalized spacial score (nSPS) is 15.6. The molecule has 0 spiro atoms. The van der Waals surface area contributed by atoms with Gasteiger partial charge in [0.2, 0.25) is 0 Å². The zero-order valence-corrected chi connectivity index (χ0v) is 24.3. The van der Waals surface area contributed by atoms with Gasteiger partial charge in [0.25, 0.3) is 5.56 Å². The number of halogens is 2. The number of aromatic nitrogens is 1. The summed E-state index contributed by atoms with van der Waals surface area (Å²) >= 11 is 5.44. The molecular weight excluding hydrogens is 694 g/mol. The molecule has 182 valence electrons. The lowest BCUT2D eigenvalue weighted by molar-refractivity contribution is -0.139. The molecule has 0 amide bonds. The van der Waals surface area contributed by atoms with E-state index in [4.69, 9.17) is 9.47 Å². The molecule has 0 unspecified atom stereocenters. The van der Waals surface area contributed by atoms with E-state index in [1.165, 1.54) is 15.9 Å². The fraction of sp³-hybridized carbons (Fsp3) is 0.240. The lowest BCUT2D eigenvalue weighted by atomic mass is 9.95. The van der Waals surface area contributed by atoms with Crippen LogP contribution in [0.4, 0.5) is 0 Å². The monoisotopic (exact) mass is 716 g/mol. The summed E-state index contributed by atoms with van der Waals surface area (Å²) in [5.41, 5.74) is 1.68. The molecule has 3 aromatic rings. The van der Waals surface area contributed by atoms with Crippen molar-refractivity contribution >= 4 is 68.6 Å². The molecule has 7 nitrogen and oxygen atoms in total. The average molecular weight is 716 g/mol. The SMILES string of the molecule is CCOC(=O)C1=C(C)N=c2s/c(=C\c3cc(I)cc(I)c3O)c(=O)n2[C@H]1c1ccccc1OCC. The number of esters is 1. The molecule has 0 radical (unpaired) electrons. The summed E-state index contributed by atoms with van der Waals surface area (Å²) < 4.78 is 14.7. The molecule has 2 heterocycles. The summed E-state index contributed by atoms with van der Waals surface area (Å²) in [6.45, 7) is 5.99. The average Bonchev–Trinajstić information content (AvgIpc) is 3.11. The van der Waals surface area contributed by atoms with Crippen LogP contribution in [0.3, 0.4) is 0 Å². The number of hydrogen-bond acceptors (Lipinski definition) is 7. The fourth-order valence-electron chi connectivity index (χ4n) is 3.92. The van der Waals surface area contributed by atoms with Crippen LogP contribution in [0.25, 0.3) is 6.08 Å². The smallest absolute Gasteiger partial charge is 0.338 e. The molecule has 2 aromatic carbocycles. The second kappa shape index (κ2) is 10.8. The van der Waals surface area contributed by atoms with Gasteiger partial charge >= 0.3 is 5.97 Å². The minimum atomic E-state index is -0.764. The first-order valence-corrected chi connectivity index (χ1v) is 13.8. The first kappa shape index (κ1) is 25.9. The van der Waals surface area contributed by atoms with E-state index in [2.05, 4.69) is 50.2 Å². The first-order chi connectivity index (χ1) is 16.8. The Labute approximate surface area is 233 Å². The predicted octanol–water partition coefficient (Wildman–Crippen LogP) is 4.11. The lowest BCUT2D eigenvalue weighted by Crippen LogP contribution is -2.40. The number of rotatable bonds is 6. The molecule has 1 atom stereocenters. The second-order valence-corrected chi connectivity index (χ2v) is 11.0. The van der Waals surface area contributed by atoms with E-state index >= 15 is 0 Å². The van der Waals surface area contributed by atoms with Crippen molar-refractivity contribution in [1.29, 1.82) is 0 Å². The summed E-state index contributed by atoms with van der Waals surface area (Å²) in [7, 11) is 0. The number of benzene rings is 2. The van der Waals surface area contributed by atoms with Gasteiger partial charge in [0.1, 0.15) is 17.5 Å². The van der Waals surface area contributed by atoms with Gasteiger partial charge in [-0.3, -0.25) is 9.36 Å². The number of carbonyl (C=O) groups excluding carboxylic acids is 1. The maximum absolute atomic E-state index is 13.8. The van der Waals surface area contributed by atoms with Gasteiger partial charge in [-0.2, -0.15) is 0 Å². The Morgan fingerprint density at radius 1 is 1.23 bits per heavy atom. The molecular formula is C25H22I2N2O5S. The van der Waals surface area contributed by atoms with E-state index in [0.717, 1.165) is 3.57 Å². The molecule has 1 aliphatic heterocycles. The third-order valence-electron chi connectivity index (χ3n) is 5.37. The minimum absolute atomic E-state index is 0.110. The van der Waals surface area contributed by atoms with Crippen LogP contribution < -0.4 is 19.6 Å². The predicted molar refractivity (Wildman–Crippen MR) is 152 cm³/mol. The van der Waals surface area contributed by atoms with Gasteiger partial charge in [-0.25, -0.2) is 9.79 Å². The van der Waals surface area contributed by atoms with E-state index in [1.54, 1.807) is 19.9 Å². The van der Waals surface area contributed by atoms with Crippen molar-refractivity contribution in [3.05, 3.63) is 85.6 Å². The number of aromatic hydroxyl groups is 1. The molecule has 1 aromatic heterocycles. The number of phenols is 1. The molecule has 1 aliphatic rings. The molecule has 0 fully saturated rings. The fourth-order valence-corrected chi connectivity index (χ4v) is 6.84. The van der Waals surface area contributed by atoms with E-state index in [0.29, 0.717) is 47.7 Å². The summed E-state index contributed by atoms with van der Waals surface area (Å²) in [6, 6.07) is 10.3. The van der Waals surface area contributed by atoms with E-state index in [9.17, 15) is 14.7 Å². The number of ether oxygens (including phenoxy) is 2. The molecule has 0 bridgehead atoms. The Kier molecular flexibility index (Phi) is 8.01. The number of carbonyl (C=O) groups is 1. The van der Waals surface area contributed by atoms with E-state index in [-0.39, 0.29) is 17.9 Å². The van der Waals surface area contributed by atoms with Gasteiger partial charge in [-0.1, -0.05) is 29.5 Å². The number of thiazole rings is 1. The van der Waals surface area contributed by atoms with Crippen LogP contribution in [0.2, 0.25) is 0 Å². The largest absolute Gasteiger partial charge is 0.506 e. The molecule has 10 heteroatoms. The summed E-state index contributed by atoms with van der Waals surface area (Å²) in [5.74, 6) is 0.165. The lowest BCUT2D eigenvalue weighted by Gasteiger charge is -2.26. The standard InChI is InChI=1S/C25H22I2N2O5S/c1-4-33-18-9-7-6-8-16(18)21-20(24(32)34-5-2)13(3)28-25-29(21)23(31)19(35-25)11-14-10-15(26)12-17(27)22(14)30/h6-12,21,30H,4-5H2,1-3H3/b19-11-/t21-/m0/s1. The molecule has 0 saturated heterocycles. The van der Waals surface area contributed by atoms with Crippen LogP contribution in [0.5, 0.6) is 11.5 Å². The van der Waals surface area contributed by atoms with Crippen molar-refractivity contribution in [3.63, 3.8) is 0 Å². The Hall–Kier alpha value is -2.19. The zero-order chi connectivity index (χ0) is 25.3. The summed E-state index contributed by atoms with van der Waals surface area (Å²) in [4.78, 5) is 31.9.